The van der Waals surface area contributed by atoms with Crippen LogP contribution in [-0.2, 0) is 12.0 Å². The van der Waals surface area contributed by atoms with E-state index < -0.39 is 11.0 Å². The van der Waals surface area contributed by atoms with Gasteiger partial charge in [-0.1, -0.05) is 67.1 Å². The maximum Gasteiger partial charge on any atom is 0.137 e. The number of rotatable bonds is 4. The molecule has 1 heterocycles. The van der Waals surface area contributed by atoms with Crippen molar-refractivity contribution in [3.63, 3.8) is 0 Å². The Balaban J connectivity index is 1.83. The van der Waals surface area contributed by atoms with E-state index in [0.29, 0.717) is 11.6 Å². The molecule has 144 valence electrons. The van der Waals surface area contributed by atoms with E-state index in [9.17, 15) is 5.11 Å². The molecule has 5 heteroatoms. The van der Waals surface area contributed by atoms with Crippen molar-refractivity contribution in [2.45, 2.75) is 43.7 Å². The standard InChI is InChI=1S/C23H24ClN3O/c1-22(19-6-3-2-4-7-19)13-5-8-20(14-18-9-11-21(24)12-10-18)23(22,28)15-27-17-25-16-26-27/h2-4,6-7,9-12,14,16-17,28H,5,8,13,15H2,1H3/b20-14-. The molecule has 1 aromatic heterocycles. The number of nitrogens with zero attached hydrogens (tertiary/aromatic N) is 3. The van der Waals surface area contributed by atoms with Crippen molar-refractivity contribution in [1.82, 2.24) is 14.8 Å². The first-order valence-corrected chi connectivity index (χ1v) is 9.96. The molecule has 2 aromatic carbocycles. The van der Waals surface area contributed by atoms with Gasteiger partial charge in [-0.2, -0.15) is 5.10 Å². The van der Waals surface area contributed by atoms with Crippen molar-refractivity contribution in [2.75, 3.05) is 0 Å². The molecule has 1 N–H and O–H groups in total. The highest BCUT2D eigenvalue weighted by atomic mass is 35.5. The van der Waals surface area contributed by atoms with Crippen LogP contribution >= 0.6 is 11.6 Å². The first-order chi connectivity index (χ1) is 13.5. The fraction of sp³-hybridized carbons (Fsp3) is 0.304. The summed E-state index contributed by atoms with van der Waals surface area (Å²) in [7, 11) is 0. The Morgan fingerprint density at radius 1 is 1.14 bits per heavy atom. The average Bonchev–Trinajstić information content (AvgIpc) is 3.21. The van der Waals surface area contributed by atoms with E-state index in [1.54, 1.807) is 11.0 Å². The summed E-state index contributed by atoms with van der Waals surface area (Å²) in [6.45, 7) is 2.52. The summed E-state index contributed by atoms with van der Waals surface area (Å²) >= 11 is 6.04. The Hall–Kier alpha value is -2.43. The SMILES string of the molecule is CC1(c2ccccc2)CCC/C(=C/c2ccc(Cl)cc2)C1(O)Cn1cncn1. The lowest BCUT2D eigenvalue weighted by atomic mass is 9.58. The Morgan fingerprint density at radius 2 is 1.89 bits per heavy atom. The third-order valence-electron chi connectivity index (χ3n) is 6.05. The minimum atomic E-state index is -1.08. The van der Waals surface area contributed by atoms with Gasteiger partial charge in [0.05, 0.1) is 6.54 Å². The summed E-state index contributed by atoms with van der Waals surface area (Å²) in [5.74, 6) is 0. The van der Waals surface area contributed by atoms with E-state index in [1.165, 1.54) is 6.33 Å². The maximum atomic E-state index is 12.2. The number of hydrogen-bond donors (Lipinski definition) is 1. The quantitative estimate of drug-likeness (QED) is 0.686. The van der Waals surface area contributed by atoms with Crippen LogP contribution in [0, 0.1) is 0 Å². The topological polar surface area (TPSA) is 50.9 Å². The lowest BCUT2D eigenvalue weighted by molar-refractivity contribution is -0.0355. The van der Waals surface area contributed by atoms with E-state index in [-0.39, 0.29) is 0 Å². The highest BCUT2D eigenvalue weighted by molar-refractivity contribution is 6.30. The van der Waals surface area contributed by atoms with E-state index >= 15 is 0 Å². The van der Waals surface area contributed by atoms with Gasteiger partial charge in [-0.05, 0) is 48.1 Å². The Kier molecular flexibility index (Phi) is 5.09. The van der Waals surface area contributed by atoms with Gasteiger partial charge in [-0.3, -0.25) is 0 Å². The summed E-state index contributed by atoms with van der Waals surface area (Å²) in [5, 5.41) is 17.2. The largest absolute Gasteiger partial charge is 0.383 e. The molecule has 0 saturated heterocycles. The van der Waals surface area contributed by atoms with Gasteiger partial charge in [0.1, 0.15) is 18.3 Å². The molecule has 0 radical (unpaired) electrons. The predicted octanol–water partition coefficient (Wildman–Crippen LogP) is 4.89. The molecular weight excluding hydrogens is 370 g/mol. The highest BCUT2D eigenvalue weighted by Crippen LogP contribution is 2.50. The van der Waals surface area contributed by atoms with Crippen LogP contribution in [0.2, 0.25) is 5.02 Å². The first-order valence-electron chi connectivity index (χ1n) is 9.58. The van der Waals surface area contributed by atoms with Crippen LogP contribution < -0.4 is 0 Å². The molecule has 0 spiro atoms. The van der Waals surface area contributed by atoms with Crippen molar-refractivity contribution < 1.29 is 5.11 Å². The number of aliphatic hydroxyl groups is 1. The van der Waals surface area contributed by atoms with Crippen LogP contribution in [0.15, 0.2) is 72.8 Å². The van der Waals surface area contributed by atoms with Gasteiger partial charge in [0, 0.05) is 10.4 Å². The number of aromatic nitrogens is 3. The summed E-state index contributed by atoms with van der Waals surface area (Å²) in [4.78, 5) is 4.06. The van der Waals surface area contributed by atoms with Crippen LogP contribution in [0.4, 0.5) is 0 Å². The Morgan fingerprint density at radius 3 is 2.57 bits per heavy atom. The van der Waals surface area contributed by atoms with Crippen LogP contribution in [0.5, 0.6) is 0 Å². The lowest BCUT2D eigenvalue weighted by Gasteiger charge is -2.50. The molecule has 1 saturated carbocycles. The molecule has 0 bridgehead atoms. The van der Waals surface area contributed by atoms with Crippen LogP contribution in [0.3, 0.4) is 0 Å². The minimum absolute atomic E-state index is 0.359. The summed E-state index contributed by atoms with van der Waals surface area (Å²) in [6.07, 6.45) is 8.04. The normalized spacial score (nSPS) is 26.5. The maximum absolute atomic E-state index is 12.2. The number of hydrogen-bond acceptors (Lipinski definition) is 3. The Bertz CT molecular complexity index is 953. The van der Waals surface area contributed by atoms with Crippen molar-refractivity contribution in [3.05, 3.63) is 89.0 Å². The smallest absolute Gasteiger partial charge is 0.137 e. The fourth-order valence-electron chi connectivity index (χ4n) is 4.37. The van der Waals surface area contributed by atoms with Crippen molar-refractivity contribution in [1.29, 1.82) is 0 Å². The molecule has 3 aromatic rings. The fourth-order valence-corrected chi connectivity index (χ4v) is 4.49. The van der Waals surface area contributed by atoms with Crippen molar-refractivity contribution in [3.8, 4) is 0 Å². The molecule has 1 aliphatic rings. The summed E-state index contributed by atoms with van der Waals surface area (Å²) < 4.78 is 1.72. The minimum Gasteiger partial charge on any atom is -0.383 e. The second kappa shape index (κ2) is 7.53. The van der Waals surface area contributed by atoms with Crippen molar-refractivity contribution in [2.24, 2.45) is 0 Å². The van der Waals surface area contributed by atoms with Crippen LogP contribution in [0.25, 0.3) is 6.08 Å². The zero-order valence-electron chi connectivity index (χ0n) is 15.9. The zero-order valence-corrected chi connectivity index (χ0v) is 16.7. The lowest BCUT2D eigenvalue weighted by Crippen LogP contribution is -2.56. The predicted molar refractivity (Wildman–Crippen MR) is 112 cm³/mol. The molecule has 2 atom stereocenters. The third kappa shape index (κ3) is 3.38. The third-order valence-corrected chi connectivity index (χ3v) is 6.30. The average molecular weight is 394 g/mol. The van der Waals surface area contributed by atoms with Gasteiger partial charge in [0.2, 0.25) is 0 Å². The number of benzene rings is 2. The molecule has 28 heavy (non-hydrogen) atoms. The van der Waals surface area contributed by atoms with Gasteiger partial charge in [0.15, 0.2) is 0 Å². The van der Waals surface area contributed by atoms with Gasteiger partial charge >= 0.3 is 0 Å². The summed E-state index contributed by atoms with van der Waals surface area (Å²) in [6, 6.07) is 18.0. The van der Waals surface area contributed by atoms with Gasteiger partial charge in [0.25, 0.3) is 0 Å². The first kappa shape index (κ1) is 18.9. The molecule has 1 aliphatic carbocycles. The van der Waals surface area contributed by atoms with Gasteiger partial charge < -0.3 is 5.11 Å². The number of halogens is 1. The summed E-state index contributed by atoms with van der Waals surface area (Å²) in [5.41, 5.74) is 1.67. The van der Waals surface area contributed by atoms with Crippen LogP contribution in [-0.4, -0.2) is 25.5 Å². The highest BCUT2D eigenvalue weighted by Gasteiger charge is 2.52. The second-order valence-electron chi connectivity index (χ2n) is 7.73. The van der Waals surface area contributed by atoms with E-state index in [1.807, 2.05) is 42.5 Å². The van der Waals surface area contributed by atoms with Crippen molar-refractivity contribution >= 4 is 17.7 Å². The molecule has 0 amide bonds. The molecule has 0 aliphatic heterocycles. The van der Waals surface area contributed by atoms with Gasteiger partial charge in [-0.25, -0.2) is 9.67 Å². The molecular formula is C23H24ClN3O. The van der Waals surface area contributed by atoms with Gasteiger partial charge in [-0.15, -0.1) is 0 Å². The molecule has 4 rings (SSSR count). The van der Waals surface area contributed by atoms with Crippen LogP contribution in [0.1, 0.15) is 37.3 Å². The second-order valence-corrected chi connectivity index (χ2v) is 8.16. The van der Waals surface area contributed by atoms with E-state index in [2.05, 4.69) is 35.2 Å². The molecule has 1 fully saturated rings. The Labute approximate surface area is 170 Å². The van der Waals surface area contributed by atoms with E-state index in [0.717, 1.165) is 36.0 Å². The monoisotopic (exact) mass is 393 g/mol. The van der Waals surface area contributed by atoms with E-state index in [4.69, 9.17) is 11.6 Å². The molecule has 4 nitrogen and oxygen atoms in total. The molecule has 2 unspecified atom stereocenters. The zero-order chi connectivity index (χ0) is 19.6.